The van der Waals surface area contributed by atoms with Crippen molar-refractivity contribution in [3.63, 3.8) is 0 Å². The van der Waals surface area contributed by atoms with Gasteiger partial charge < -0.3 is 14.5 Å². The molecule has 1 aliphatic heterocycles. The summed E-state index contributed by atoms with van der Waals surface area (Å²) in [6.07, 6.45) is 10.5. The van der Waals surface area contributed by atoms with Crippen LogP contribution in [0.25, 0.3) is 0 Å². The quantitative estimate of drug-likeness (QED) is 0.630. The van der Waals surface area contributed by atoms with Crippen LogP contribution in [-0.4, -0.2) is 44.7 Å². The molecule has 0 aromatic heterocycles. The minimum Gasteiger partial charge on any atom is -0.490 e. The van der Waals surface area contributed by atoms with Crippen LogP contribution in [0.1, 0.15) is 19.8 Å². The summed E-state index contributed by atoms with van der Waals surface area (Å²) < 4.78 is 5.72. The van der Waals surface area contributed by atoms with Crippen molar-refractivity contribution < 1.29 is 4.74 Å². The zero-order chi connectivity index (χ0) is 17.2. The third kappa shape index (κ3) is 5.57. The van der Waals surface area contributed by atoms with Gasteiger partial charge in [-0.25, -0.2) is 0 Å². The van der Waals surface area contributed by atoms with Gasteiger partial charge in [0.1, 0.15) is 12.4 Å². The molecule has 2 rings (SSSR count). The van der Waals surface area contributed by atoms with Crippen molar-refractivity contribution in [3.05, 3.63) is 60.7 Å². The van der Waals surface area contributed by atoms with Crippen LogP contribution in [0.3, 0.4) is 0 Å². The van der Waals surface area contributed by atoms with E-state index in [1.807, 2.05) is 12.1 Å². The fourth-order valence-electron chi connectivity index (χ4n) is 2.76. The molecule has 0 amide bonds. The minimum absolute atomic E-state index is 0.772. The summed E-state index contributed by atoms with van der Waals surface area (Å²) in [6.45, 7) is 10.9. The van der Waals surface area contributed by atoms with Gasteiger partial charge in [0.2, 0.25) is 0 Å². The van der Waals surface area contributed by atoms with Gasteiger partial charge in [-0.05, 0) is 37.6 Å². The number of nitrogens with zero attached hydrogens (tertiary/aromatic N) is 2. The Balaban J connectivity index is 1.79. The Morgan fingerprint density at radius 1 is 1.33 bits per heavy atom. The monoisotopic (exact) mass is 326 g/mol. The molecule has 0 spiro atoms. The van der Waals surface area contributed by atoms with E-state index in [9.17, 15) is 0 Å². The summed E-state index contributed by atoms with van der Waals surface area (Å²) >= 11 is 0. The van der Waals surface area contributed by atoms with E-state index in [1.54, 1.807) is 0 Å². The molecule has 0 atom stereocenters. The van der Waals surface area contributed by atoms with Gasteiger partial charge >= 0.3 is 0 Å². The molecular formula is C21H30N2O. The van der Waals surface area contributed by atoms with E-state index in [0.29, 0.717) is 0 Å². The number of hydrogen-bond acceptors (Lipinski definition) is 3. The predicted octanol–water partition coefficient (Wildman–Crippen LogP) is 4.29. The molecule has 0 saturated heterocycles. The van der Waals surface area contributed by atoms with E-state index >= 15 is 0 Å². The SMILES string of the molecule is C=C/C(=C\C=C/CC)CCN(C)CCN1CCOc2ccccc21. The summed E-state index contributed by atoms with van der Waals surface area (Å²) in [4.78, 5) is 4.81. The number of benzene rings is 1. The third-order valence-electron chi connectivity index (χ3n) is 4.30. The lowest BCUT2D eigenvalue weighted by molar-refractivity contribution is 0.296. The van der Waals surface area contributed by atoms with Crippen molar-refractivity contribution in [2.24, 2.45) is 0 Å². The second-order valence-electron chi connectivity index (χ2n) is 6.14. The summed E-state index contributed by atoms with van der Waals surface area (Å²) in [5.41, 5.74) is 2.51. The fourth-order valence-corrected chi connectivity index (χ4v) is 2.76. The first-order chi connectivity index (χ1) is 11.7. The highest BCUT2D eigenvalue weighted by Crippen LogP contribution is 2.30. The molecule has 0 N–H and O–H groups in total. The predicted molar refractivity (Wildman–Crippen MR) is 104 cm³/mol. The van der Waals surface area contributed by atoms with Gasteiger partial charge in [-0.15, -0.1) is 0 Å². The summed E-state index contributed by atoms with van der Waals surface area (Å²) in [6, 6.07) is 8.31. The van der Waals surface area contributed by atoms with Gasteiger partial charge in [-0.3, -0.25) is 0 Å². The first-order valence-electron chi connectivity index (χ1n) is 8.88. The van der Waals surface area contributed by atoms with Gasteiger partial charge in [0.05, 0.1) is 12.2 Å². The number of likely N-dealkylation sites (N-methyl/N-ethyl adjacent to an activating group) is 1. The van der Waals surface area contributed by atoms with E-state index in [1.165, 1.54) is 11.3 Å². The van der Waals surface area contributed by atoms with E-state index in [-0.39, 0.29) is 0 Å². The van der Waals surface area contributed by atoms with Gasteiger partial charge in [0, 0.05) is 19.6 Å². The minimum atomic E-state index is 0.772. The zero-order valence-electron chi connectivity index (χ0n) is 15.1. The fraction of sp³-hybridized carbons (Fsp3) is 0.429. The molecule has 130 valence electrons. The molecule has 24 heavy (non-hydrogen) atoms. The smallest absolute Gasteiger partial charge is 0.142 e. The molecule has 0 radical (unpaired) electrons. The molecular weight excluding hydrogens is 296 g/mol. The maximum absolute atomic E-state index is 5.72. The number of allylic oxidation sites excluding steroid dienone is 4. The highest BCUT2D eigenvalue weighted by atomic mass is 16.5. The lowest BCUT2D eigenvalue weighted by atomic mass is 10.1. The van der Waals surface area contributed by atoms with E-state index < -0.39 is 0 Å². The lowest BCUT2D eigenvalue weighted by Gasteiger charge is -2.32. The normalized spacial score (nSPS) is 14.8. The van der Waals surface area contributed by atoms with Crippen molar-refractivity contribution in [1.82, 2.24) is 4.90 Å². The van der Waals surface area contributed by atoms with Crippen molar-refractivity contribution >= 4 is 5.69 Å². The van der Waals surface area contributed by atoms with Crippen LogP contribution in [0.2, 0.25) is 0 Å². The number of anilines is 1. The number of hydrogen-bond donors (Lipinski definition) is 0. The maximum Gasteiger partial charge on any atom is 0.142 e. The average Bonchev–Trinajstić information content (AvgIpc) is 2.62. The van der Waals surface area contributed by atoms with Crippen LogP contribution in [0.4, 0.5) is 5.69 Å². The molecule has 3 heteroatoms. The van der Waals surface area contributed by atoms with Gasteiger partial charge in [-0.1, -0.05) is 49.9 Å². The molecule has 0 fully saturated rings. The van der Waals surface area contributed by atoms with Gasteiger partial charge in [0.25, 0.3) is 0 Å². The maximum atomic E-state index is 5.72. The second kappa shape index (κ2) is 9.99. The molecule has 0 aliphatic carbocycles. The number of rotatable bonds is 9. The van der Waals surface area contributed by atoms with Crippen molar-refractivity contribution in [3.8, 4) is 5.75 Å². The number of ether oxygens (including phenoxy) is 1. The Kier molecular flexibility index (Phi) is 7.63. The third-order valence-corrected chi connectivity index (χ3v) is 4.30. The molecule has 1 aromatic rings. The average molecular weight is 326 g/mol. The molecule has 1 aliphatic rings. The molecule has 1 aromatic carbocycles. The van der Waals surface area contributed by atoms with Crippen LogP contribution in [0.15, 0.2) is 60.7 Å². The molecule has 0 saturated carbocycles. The van der Waals surface area contributed by atoms with Crippen molar-refractivity contribution in [2.75, 3.05) is 44.7 Å². The van der Waals surface area contributed by atoms with Gasteiger partial charge in [0.15, 0.2) is 0 Å². The van der Waals surface area contributed by atoms with Crippen LogP contribution < -0.4 is 9.64 Å². The molecule has 0 bridgehead atoms. The topological polar surface area (TPSA) is 15.7 Å². The van der Waals surface area contributed by atoms with E-state index in [4.69, 9.17) is 4.74 Å². The van der Waals surface area contributed by atoms with Gasteiger partial charge in [-0.2, -0.15) is 0 Å². The molecule has 1 heterocycles. The largest absolute Gasteiger partial charge is 0.490 e. The second-order valence-corrected chi connectivity index (χ2v) is 6.14. The van der Waals surface area contributed by atoms with Crippen LogP contribution in [0.5, 0.6) is 5.75 Å². The Morgan fingerprint density at radius 2 is 2.17 bits per heavy atom. The van der Waals surface area contributed by atoms with Crippen molar-refractivity contribution in [2.45, 2.75) is 19.8 Å². The number of fused-ring (bicyclic) bond motifs is 1. The van der Waals surface area contributed by atoms with E-state index in [0.717, 1.165) is 51.4 Å². The van der Waals surface area contributed by atoms with Crippen LogP contribution in [0, 0.1) is 0 Å². The summed E-state index contributed by atoms with van der Waals surface area (Å²) in [7, 11) is 2.19. The van der Waals surface area contributed by atoms with Crippen molar-refractivity contribution in [1.29, 1.82) is 0 Å². The van der Waals surface area contributed by atoms with Crippen LogP contribution >= 0.6 is 0 Å². The standard InChI is InChI=1S/C21H30N2O/c1-4-6-7-10-19(5-2)13-14-22(3)15-16-23-17-18-24-21-12-9-8-11-20(21)23/h5-12H,2,4,13-18H2,1,3H3/b7-6-,19-10+. The Hall–Kier alpha value is -2.00. The lowest BCUT2D eigenvalue weighted by Crippen LogP contribution is -2.38. The Labute approximate surface area is 146 Å². The number of para-hydroxylation sites is 2. The first kappa shape index (κ1) is 18.3. The molecule has 0 unspecified atom stereocenters. The van der Waals surface area contributed by atoms with Crippen LogP contribution in [-0.2, 0) is 0 Å². The Bertz CT molecular complexity index is 577. The molecule has 3 nitrogen and oxygen atoms in total. The first-order valence-corrected chi connectivity index (χ1v) is 8.88. The van der Waals surface area contributed by atoms with E-state index in [2.05, 4.69) is 66.8 Å². The highest BCUT2D eigenvalue weighted by molar-refractivity contribution is 5.59. The Morgan fingerprint density at radius 3 is 2.96 bits per heavy atom. The summed E-state index contributed by atoms with van der Waals surface area (Å²) in [5, 5.41) is 0. The summed E-state index contributed by atoms with van der Waals surface area (Å²) in [5.74, 6) is 1.01. The zero-order valence-corrected chi connectivity index (χ0v) is 15.1. The highest BCUT2D eigenvalue weighted by Gasteiger charge is 2.17.